The summed E-state index contributed by atoms with van der Waals surface area (Å²) in [5.74, 6) is -1.29. The number of aliphatic hydroxyl groups excluding tert-OH is 1. The van der Waals surface area contributed by atoms with Crippen LogP contribution in [-0.4, -0.2) is 48.6 Å². The fourth-order valence-electron chi connectivity index (χ4n) is 4.42. The second-order valence-corrected chi connectivity index (χ2v) is 9.58. The van der Waals surface area contributed by atoms with Crippen LogP contribution in [0.5, 0.6) is 11.5 Å². The monoisotopic (exact) mass is 544 g/mol. The highest BCUT2D eigenvalue weighted by atomic mass is 32.1. The number of aromatic nitrogens is 1. The minimum Gasteiger partial charge on any atom is -0.507 e. The molecule has 0 saturated carbocycles. The molecule has 1 N–H and O–H groups in total. The average molecular weight is 545 g/mol. The van der Waals surface area contributed by atoms with Gasteiger partial charge in [-0.05, 0) is 67.1 Å². The molecule has 5 rings (SSSR count). The van der Waals surface area contributed by atoms with Gasteiger partial charge in [0, 0.05) is 5.56 Å². The van der Waals surface area contributed by atoms with E-state index in [2.05, 4.69) is 4.98 Å². The quantitative estimate of drug-likeness (QED) is 0.148. The first-order chi connectivity index (χ1) is 18.9. The summed E-state index contributed by atoms with van der Waals surface area (Å²) in [5, 5.41) is 11.6. The standard InChI is InChI=1S/C29H24N2O7S/c1-4-38-20-13-14-21-22(15-20)39-29(30-21)31-24(16-5-7-18(8-6-16)28(35)37-3)23(26(33)27(31)34)25(32)17-9-11-19(36-2)12-10-17/h5-15,24,32H,4H2,1-3H3/t24-/m0/s1. The molecule has 3 aromatic carbocycles. The summed E-state index contributed by atoms with van der Waals surface area (Å²) < 4.78 is 16.3. The van der Waals surface area contributed by atoms with Crippen LogP contribution in [0.1, 0.15) is 34.5 Å². The van der Waals surface area contributed by atoms with E-state index in [1.54, 1.807) is 60.7 Å². The largest absolute Gasteiger partial charge is 0.507 e. The molecule has 198 valence electrons. The topological polar surface area (TPSA) is 115 Å². The third-order valence-corrected chi connectivity index (χ3v) is 7.34. The molecule has 9 nitrogen and oxygen atoms in total. The summed E-state index contributed by atoms with van der Waals surface area (Å²) in [5.41, 5.74) is 1.69. The van der Waals surface area contributed by atoms with E-state index in [0.717, 1.165) is 4.70 Å². The van der Waals surface area contributed by atoms with Gasteiger partial charge in [-0.1, -0.05) is 23.5 Å². The van der Waals surface area contributed by atoms with Gasteiger partial charge in [0.15, 0.2) is 5.13 Å². The first-order valence-corrected chi connectivity index (χ1v) is 12.8. The Morgan fingerprint density at radius 2 is 1.64 bits per heavy atom. The Hall–Kier alpha value is -4.70. The Morgan fingerprint density at radius 1 is 0.974 bits per heavy atom. The van der Waals surface area contributed by atoms with Gasteiger partial charge >= 0.3 is 11.9 Å². The fraction of sp³-hybridized carbons (Fsp3) is 0.172. The molecule has 1 saturated heterocycles. The molecule has 1 aliphatic rings. The number of rotatable bonds is 7. The van der Waals surface area contributed by atoms with E-state index < -0.39 is 23.7 Å². The molecule has 1 amide bonds. The van der Waals surface area contributed by atoms with Gasteiger partial charge in [-0.3, -0.25) is 14.5 Å². The van der Waals surface area contributed by atoms with Crippen LogP contribution in [0.4, 0.5) is 5.13 Å². The highest BCUT2D eigenvalue weighted by molar-refractivity contribution is 7.22. The Labute approximate surface area is 227 Å². The number of hydrogen-bond acceptors (Lipinski definition) is 9. The molecule has 0 unspecified atom stereocenters. The van der Waals surface area contributed by atoms with Crippen LogP contribution >= 0.6 is 11.3 Å². The van der Waals surface area contributed by atoms with Crippen LogP contribution in [0.2, 0.25) is 0 Å². The Balaban J connectivity index is 1.67. The fourth-order valence-corrected chi connectivity index (χ4v) is 5.44. The molecule has 39 heavy (non-hydrogen) atoms. The van der Waals surface area contributed by atoms with Gasteiger partial charge in [-0.2, -0.15) is 0 Å². The highest BCUT2D eigenvalue weighted by Crippen LogP contribution is 2.44. The maximum absolute atomic E-state index is 13.5. The molecule has 1 aromatic heterocycles. The molecule has 0 radical (unpaired) electrons. The third-order valence-electron chi connectivity index (χ3n) is 6.32. The van der Waals surface area contributed by atoms with Crippen LogP contribution in [-0.2, 0) is 14.3 Å². The maximum Gasteiger partial charge on any atom is 0.337 e. The number of carbonyl (C=O) groups is 3. The van der Waals surface area contributed by atoms with Crippen molar-refractivity contribution in [3.05, 3.63) is 89.0 Å². The maximum atomic E-state index is 13.5. The number of nitrogens with zero attached hydrogens (tertiary/aromatic N) is 2. The predicted molar refractivity (Wildman–Crippen MR) is 146 cm³/mol. The van der Waals surface area contributed by atoms with E-state index in [0.29, 0.717) is 40.3 Å². The van der Waals surface area contributed by atoms with Gasteiger partial charge in [0.2, 0.25) is 0 Å². The number of ether oxygens (including phenoxy) is 3. The number of amides is 1. The van der Waals surface area contributed by atoms with Gasteiger partial charge < -0.3 is 19.3 Å². The Bertz CT molecular complexity index is 1610. The zero-order valence-electron chi connectivity index (χ0n) is 21.3. The van der Waals surface area contributed by atoms with Crippen molar-refractivity contribution in [1.82, 2.24) is 4.98 Å². The number of thiazole rings is 1. The number of methoxy groups -OCH3 is 2. The van der Waals surface area contributed by atoms with Crippen molar-refractivity contribution in [2.45, 2.75) is 13.0 Å². The lowest BCUT2D eigenvalue weighted by Crippen LogP contribution is -2.29. The normalized spacial score (nSPS) is 16.5. The van der Waals surface area contributed by atoms with Crippen LogP contribution in [0, 0.1) is 0 Å². The number of ketones is 1. The van der Waals surface area contributed by atoms with E-state index in [1.807, 2.05) is 13.0 Å². The van der Waals surface area contributed by atoms with Crippen molar-refractivity contribution >= 4 is 50.1 Å². The van der Waals surface area contributed by atoms with E-state index in [1.165, 1.54) is 30.5 Å². The molecular formula is C29H24N2O7S. The molecule has 10 heteroatoms. The molecule has 0 spiro atoms. The van der Waals surface area contributed by atoms with Crippen LogP contribution in [0.3, 0.4) is 0 Å². The van der Waals surface area contributed by atoms with Crippen molar-refractivity contribution in [2.75, 3.05) is 25.7 Å². The second-order valence-electron chi connectivity index (χ2n) is 8.57. The lowest BCUT2D eigenvalue weighted by atomic mass is 9.94. The van der Waals surface area contributed by atoms with Crippen LogP contribution in [0.15, 0.2) is 72.3 Å². The molecule has 4 aromatic rings. The third kappa shape index (κ3) is 4.70. The lowest BCUT2D eigenvalue weighted by Gasteiger charge is -2.23. The number of carbonyl (C=O) groups excluding carboxylic acids is 3. The van der Waals surface area contributed by atoms with E-state index in [9.17, 15) is 19.5 Å². The minimum atomic E-state index is -0.995. The molecule has 1 aliphatic heterocycles. The van der Waals surface area contributed by atoms with E-state index in [4.69, 9.17) is 14.2 Å². The van der Waals surface area contributed by atoms with Gasteiger partial charge in [-0.25, -0.2) is 9.78 Å². The SMILES string of the molecule is CCOc1ccc2nc(N3C(=O)C(=O)C(=C(O)c4ccc(OC)cc4)[C@@H]3c3ccc(C(=O)OC)cc3)sc2c1. The average Bonchev–Trinajstić information content (AvgIpc) is 3.50. The summed E-state index contributed by atoms with van der Waals surface area (Å²) in [6, 6.07) is 17.2. The molecule has 0 bridgehead atoms. The van der Waals surface area contributed by atoms with Crippen molar-refractivity contribution in [3.8, 4) is 11.5 Å². The van der Waals surface area contributed by atoms with Crippen LogP contribution < -0.4 is 14.4 Å². The molecule has 1 atom stereocenters. The van der Waals surface area contributed by atoms with Gasteiger partial charge in [-0.15, -0.1) is 0 Å². The Kier molecular flexibility index (Phi) is 7.03. The first kappa shape index (κ1) is 25.9. The van der Waals surface area contributed by atoms with Crippen molar-refractivity contribution < 1.29 is 33.7 Å². The van der Waals surface area contributed by atoms with E-state index >= 15 is 0 Å². The minimum absolute atomic E-state index is 0.0924. The number of anilines is 1. The van der Waals surface area contributed by atoms with Gasteiger partial charge in [0.05, 0.1) is 48.2 Å². The van der Waals surface area contributed by atoms with Crippen molar-refractivity contribution in [3.63, 3.8) is 0 Å². The summed E-state index contributed by atoms with van der Waals surface area (Å²) in [7, 11) is 2.80. The number of benzene rings is 3. The summed E-state index contributed by atoms with van der Waals surface area (Å²) in [6.07, 6.45) is 0. The van der Waals surface area contributed by atoms with Gasteiger partial charge in [0.1, 0.15) is 17.3 Å². The molecular weight excluding hydrogens is 520 g/mol. The van der Waals surface area contributed by atoms with Crippen molar-refractivity contribution in [1.29, 1.82) is 0 Å². The smallest absolute Gasteiger partial charge is 0.337 e. The number of esters is 1. The van der Waals surface area contributed by atoms with E-state index in [-0.39, 0.29) is 16.5 Å². The zero-order chi connectivity index (χ0) is 27.7. The number of fused-ring (bicyclic) bond motifs is 1. The van der Waals surface area contributed by atoms with Crippen LogP contribution in [0.25, 0.3) is 16.0 Å². The first-order valence-electron chi connectivity index (χ1n) is 12.0. The van der Waals surface area contributed by atoms with Gasteiger partial charge in [0.25, 0.3) is 5.78 Å². The summed E-state index contributed by atoms with van der Waals surface area (Å²) in [6.45, 7) is 2.38. The highest BCUT2D eigenvalue weighted by Gasteiger charge is 2.48. The summed E-state index contributed by atoms with van der Waals surface area (Å²) in [4.78, 5) is 44.8. The predicted octanol–water partition coefficient (Wildman–Crippen LogP) is 5.12. The lowest BCUT2D eigenvalue weighted by molar-refractivity contribution is -0.132. The number of aliphatic hydroxyl groups is 1. The molecule has 1 fully saturated rings. The number of Topliss-reactive ketones (excluding diaryl/α,β-unsaturated/α-hetero) is 1. The Morgan fingerprint density at radius 3 is 2.28 bits per heavy atom. The molecule has 0 aliphatic carbocycles. The summed E-state index contributed by atoms with van der Waals surface area (Å²) >= 11 is 1.23. The number of hydrogen-bond donors (Lipinski definition) is 1. The molecule has 2 heterocycles. The van der Waals surface area contributed by atoms with Crippen molar-refractivity contribution in [2.24, 2.45) is 0 Å². The second kappa shape index (κ2) is 10.6. The zero-order valence-corrected chi connectivity index (χ0v) is 22.2.